The summed E-state index contributed by atoms with van der Waals surface area (Å²) in [6, 6.07) is 9.52. The van der Waals surface area contributed by atoms with E-state index in [1.54, 1.807) is 12.3 Å². The first kappa shape index (κ1) is 15.8. The molecule has 2 N–H and O–H groups in total. The van der Waals surface area contributed by atoms with Crippen molar-refractivity contribution in [2.24, 2.45) is 11.7 Å². The first-order chi connectivity index (χ1) is 9.52. The summed E-state index contributed by atoms with van der Waals surface area (Å²) < 4.78 is 5.41. The summed E-state index contributed by atoms with van der Waals surface area (Å²) in [6.07, 6.45) is 7.15. The van der Waals surface area contributed by atoms with Gasteiger partial charge in [-0.2, -0.15) is 0 Å². The zero-order chi connectivity index (χ0) is 15.0. The van der Waals surface area contributed by atoms with Gasteiger partial charge in [-0.05, 0) is 32.1 Å². The fourth-order valence-corrected chi connectivity index (χ4v) is 1.92. The van der Waals surface area contributed by atoms with Crippen molar-refractivity contribution in [1.29, 1.82) is 0 Å². The topological polar surface area (TPSA) is 52.3 Å². The van der Waals surface area contributed by atoms with E-state index >= 15 is 0 Å². The van der Waals surface area contributed by atoms with Crippen LogP contribution in [0.2, 0.25) is 0 Å². The molecule has 1 rings (SSSR count). The quantitative estimate of drug-likeness (QED) is 0.488. The maximum Gasteiger partial charge on any atom is 0.245 e. The van der Waals surface area contributed by atoms with Gasteiger partial charge >= 0.3 is 0 Å². The molecule has 20 heavy (non-hydrogen) atoms. The molecule has 0 aliphatic heterocycles. The Hall–Kier alpha value is -2.29. The van der Waals surface area contributed by atoms with Crippen LogP contribution in [0.25, 0.3) is 0 Å². The van der Waals surface area contributed by atoms with Crippen molar-refractivity contribution < 1.29 is 9.53 Å². The summed E-state index contributed by atoms with van der Waals surface area (Å²) in [5.41, 5.74) is 6.97. The predicted octanol–water partition coefficient (Wildman–Crippen LogP) is 3.59. The number of nitrogens with two attached hydrogens (primary N) is 1. The maximum absolute atomic E-state index is 11.3. The van der Waals surface area contributed by atoms with Gasteiger partial charge in [0.25, 0.3) is 0 Å². The summed E-state index contributed by atoms with van der Waals surface area (Å²) in [6.45, 7) is 5.72. The Balaban J connectivity index is 2.56. The van der Waals surface area contributed by atoms with E-state index in [1.165, 1.54) is 0 Å². The zero-order valence-electron chi connectivity index (χ0n) is 12.2. The van der Waals surface area contributed by atoms with Crippen LogP contribution < -0.4 is 10.5 Å². The van der Waals surface area contributed by atoms with Crippen LogP contribution in [0.5, 0.6) is 5.75 Å². The molecule has 0 heterocycles. The molecule has 3 nitrogen and oxygen atoms in total. The van der Waals surface area contributed by atoms with Gasteiger partial charge in [-0.15, -0.1) is 0 Å². The average Bonchev–Trinajstić information content (AvgIpc) is 2.38. The van der Waals surface area contributed by atoms with Gasteiger partial charge in [0.05, 0.1) is 6.26 Å². The highest BCUT2D eigenvalue weighted by molar-refractivity contribution is 5.93. The summed E-state index contributed by atoms with van der Waals surface area (Å²) >= 11 is 0. The molecule has 0 radical (unpaired) electrons. The van der Waals surface area contributed by atoms with E-state index in [0.29, 0.717) is 5.57 Å². The molecular weight excluding hydrogens is 250 g/mol. The number of ether oxygens (including phenoxy) is 1. The minimum atomic E-state index is -0.369. The Labute approximate surface area is 120 Å². The predicted molar refractivity (Wildman–Crippen MR) is 82.1 cm³/mol. The van der Waals surface area contributed by atoms with Gasteiger partial charge in [0.1, 0.15) is 5.75 Å². The lowest BCUT2D eigenvalue weighted by atomic mass is 9.96. The highest BCUT2D eigenvalue weighted by atomic mass is 16.5. The van der Waals surface area contributed by atoms with Crippen molar-refractivity contribution >= 4 is 5.91 Å². The molecule has 0 saturated carbocycles. The van der Waals surface area contributed by atoms with Crippen molar-refractivity contribution in [2.75, 3.05) is 0 Å². The van der Waals surface area contributed by atoms with Crippen molar-refractivity contribution in [2.45, 2.75) is 20.8 Å². The molecule has 0 aromatic heterocycles. The molecule has 3 heteroatoms. The molecule has 0 fully saturated rings. The summed E-state index contributed by atoms with van der Waals surface area (Å²) in [4.78, 5) is 11.3. The highest BCUT2D eigenvalue weighted by Crippen LogP contribution is 2.16. The second-order valence-corrected chi connectivity index (χ2v) is 4.71. The highest BCUT2D eigenvalue weighted by Gasteiger charge is 2.12. The van der Waals surface area contributed by atoms with Gasteiger partial charge in [-0.3, -0.25) is 4.79 Å². The van der Waals surface area contributed by atoms with Crippen LogP contribution in [0.4, 0.5) is 0 Å². The van der Waals surface area contributed by atoms with Crippen LogP contribution in [0, 0.1) is 5.92 Å². The minimum Gasteiger partial charge on any atom is -0.465 e. The fourth-order valence-electron chi connectivity index (χ4n) is 1.92. The minimum absolute atomic E-state index is 0.0149. The van der Waals surface area contributed by atoms with Gasteiger partial charge in [0.15, 0.2) is 0 Å². The van der Waals surface area contributed by atoms with Gasteiger partial charge in [0, 0.05) is 11.5 Å². The number of allylic oxidation sites excluding steroid dienone is 4. The molecule has 1 unspecified atom stereocenters. The molecule has 0 aliphatic rings. The number of carbonyl (C=O) groups excluding carboxylic acids is 1. The van der Waals surface area contributed by atoms with Crippen LogP contribution in [0.15, 0.2) is 66.0 Å². The number of hydrogen-bond donors (Lipinski definition) is 1. The Morgan fingerprint density at radius 1 is 1.20 bits per heavy atom. The molecule has 1 aromatic carbocycles. The van der Waals surface area contributed by atoms with Crippen LogP contribution in [0.3, 0.4) is 0 Å². The van der Waals surface area contributed by atoms with Gasteiger partial charge < -0.3 is 10.5 Å². The fraction of sp³-hybridized carbons (Fsp3) is 0.235. The second kappa shape index (κ2) is 8.00. The second-order valence-electron chi connectivity index (χ2n) is 4.71. The first-order valence-corrected chi connectivity index (χ1v) is 6.54. The van der Waals surface area contributed by atoms with Crippen molar-refractivity contribution in [3.63, 3.8) is 0 Å². The number of benzene rings is 1. The van der Waals surface area contributed by atoms with E-state index in [1.807, 2.05) is 63.3 Å². The van der Waals surface area contributed by atoms with E-state index < -0.39 is 0 Å². The molecule has 0 aliphatic carbocycles. The molecule has 1 atom stereocenters. The number of rotatable bonds is 6. The molecular formula is C17H21NO2. The number of para-hydroxylation sites is 1. The largest absolute Gasteiger partial charge is 0.465 e. The molecule has 1 aromatic rings. The Morgan fingerprint density at radius 3 is 2.40 bits per heavy atom. The number of carbonyl (C=O) groups is 1. The summed E-state index contributed by atoms with van der Waals surface area (Å²) in [7, 11) is 0. The molecule has 0 bridgehead atoms. The number of amides is 1. The van der Waals surface area contributed by atoms with Crippen molar-refractivity contribution in [3.8, 4) is 5.75 Å². The summed E-state index contributed by atoms with van der Waals surface area (Å²) in [5.74, 6) is 0.401. The maximum atomic E-state index is 11.3. The third kappa shape index (κ3) is 5.14. The Bertz CT molecular complexity index is 523. The van der Waals surface area contributed by atoms with E-state index in [9.17, 15) is 4.79 Å². The zero-order valence-corrected chi connectivity index (χ0v) is 12.2. The van der Waals surface area contributed by atoms with E-state index in [-0.39, 0.29) is 11.8 Å². The third-order valence-corrected chi connectivity index (χ3v) is 2.80. The summed E-state index contributed by atoms with van der Waals surface area (Å²) in [5, 5.41) is 0. The molecule has 1 amide bonds. The number of primary amides is 1. The first-order valence-electron chi connectivity index (χ1n) is 6.54. The molecule has 106 valence electrons. The SMILES string of the molecule is CC(C)=C(C(N)=O)C(C)/C=C/C=C/Oc1ccccc1. The Kier molecular flexibility index (Phi) is 6.30. The number of hydrogen-bond acceptors (Lipinski definition) is 2. The smallest absolute Gasteiger partial charge is 0.245 e. The van der Waals surface area contributed by atoms with Crippen molar-refractivity contribution in [3.05, 3.63) is 66.0 Å². The van der Waals surface area contributed by atoms with Crippen molar-refractivity contribution in [1.82, 2.24) is 0 Å². The van der Waals surface area contributed by atoms with E-state index in [4.69, 9.17) is 10.5 Å². The lowest BCUT2D eigenvalue weighted by Gasteiger charge is -2.10. The van der Waals surface area contributed by atoms with Crippen LogP contribution in [-0.4, -0.2) is 5.91 Å². The lowest BCUT2D eigenvalue weighted by molar-refractivity contribution is -0.114. The van der Waals surface area contributed by atoms with E-state index in [2.05, 4.69) is 0 Å². The third-order valence-electron chi connectivity index (χ3n) is 2.80. The molecule has 0 saturated heterocycles. The van der Waals surface area contributed by atoms with Crippen LogP contribution in [0.1, 0.15) is 20.8 Å². The van der Waals surface area contributed by atoms with E-state index in [0.717, 1.165) is 11.3 Å². The lowest BCUT2D eigenvalue weighted by Crippen LogP contribution is -2.19. The van der Waals surface area contributed by atoms with Crippen LogP contribution >= 0.6 is 0 Å². The Morgan fingerprint density at radius 2 is 1.85 bits per heavy atom. The monoisotopic (exact) mass is 271 g/mol. The van der Waals surface area contributed by atoms with Gasteiger partial charge in [-0.1, -0.05) is 42.8 Å². The van der Waals surface area contributed by atoms with Gasteiger partial charge in [0.2, 0.25) is 5.91 Å². The van der Waals surface area contributed by atoms with Crippen LogP contribution in [-0.2, 0) is 4.79 Å². The average molecular weight is 271 g/mol. The standard InChI is InChI=1S/C17H21NO2/c1-13(2)16(17(18)19)14(3)9-7-8-12-20-15-10-5-4-6-11-15/h4-12,14H,1-3H3,(H2,18,19)/b9-7+,12-8+. The normalized spacial score (nSPS) is 12.6. The van der Waals surface area contributed by atoms with Gasteiger partial charge in [-0.25, -0.2) is 0 Å². The molecule has 0 spiro atoms.